The number of pyridine rings is 1. The van der Waals surface area contributed by atoms with Gasteiger partial charge in [0, 0.05) is 17.8 Å². The molecule has 0 aliphatic carbocycles. The Hall–Kier alpha value is -0.900. The van der Waals surface area contributed by atoms with Gasteiger partial charge in [-0.25, -0.2) is 3.71 Å². The predicted molar refractivity (Wildman–Crippen MR) is 41.9 cm³/mol. The highest BCUT2D eigenvalue weighted by molar-refractivity contribution is 9.08. The Morgan fingerprint density at radius 1 is 1.50 bits per heavy atom. The van der Waals surface area contributed by atoms with E-state index in [1.807, 2.05) is 12.3 Å². The first-order chi connectivity index (χ1) is 4.86. The Labute approximate surface area is 66.0 Å². The first-order valence-electron chi connectivity index (χ1n) is 2.82. The van der Waals surface area contributed by atoms with Crippen LogP contribution in [0.15, 0.2) is 24.7 Å². The van der Waals surface area contributed by atoms with Crippen LogP contribution in [0.3, 0.4) is 0 Å². The average molecular weight is 198 g/mol. The van der Waals surface area contributed by atoms with Crippen molar-refractivity contribution < 1.29 is 0 Å². The number of hydrogen-bond donors (Lipinski definition) is 0. The zero-order valence-electron chi connectivity index (χ0n) is 5.03. The van der Waals surface area contributed by atoms with Crippen LogP contribution in [-0.2, 0) is 0 Å². The van der Waals surface area contributed by atoms with Crippen molar-refractivity contribution in [2.24, 2.45) is 0 Å². The zero-order valence-corrected chi connectivity index (χ0v) is 6.62. The summed E-state index contributed by atoms with van der Waals surface area (Å²) in [5, 5.41) is 5.17. The lowest BCUT2D eigenvalue weighted by atomic mass is 10.3. The first kappa shape index (κ1) is 5.85. The van der Waals surface area contributed by atoms with Gasteiger partial charge in [-0.3, -0.25) is 4.98 Å². The maximum Gasteiger partial charge on any atom is 0.112 e. The summed E-state index contributed by atoms with van der Waals surface area (Å²) in [6.45, 7) is 0. The number of halogens is 1. The second-order valence-electron chi connectivity index (χ2n) is 1.95. The molecule has 0 bridgehead atoms. The van der Waals surface area contributed by atoms with E-state index in [2.05, 4.69) is 26.2 Å². The van der Waals surface area contributed by atoms with Crippen molar-refractivity contribution in [3.05, 3.63) is 24.7 Å². The van der Waals surface area contributed by atoms with Gasteiger partial charge in [-0.1, -0.05) is 0 Å². The predicted octanol–water partition coefficient (Wildman–Crippen LogP) is 1.59. The van der Waals surface area contributed by atoms with Gasteiger partial charge in [0.25, 0.3) is 0 Å². The normalized spacial score (nSPS) is 10.5. The topological polar surface area (TPSA) is 30.7 Å². The SMILES string of the molecule is Brn1cc2ccncc2n1. The van der Waals surface area contributed by atoms with Gasteiger partial charge in [-0.2, -0.15) is 5.10 Å². The molecule has 10 heavy (non-hydrogen) atoms. The molecule has 4 heteroatoms. The minimum absolute atomic E-state index is 0.902. The Kier molecular flexibility index (Phi) is 1.20. The van der Waals surface area contributed by atoms with Crippen LogP contribution < -0.4 is 0 Å². The van der Waals surface area contributed by atoms with E-state index in [1.165, 1.54) is 0 Å². The summed E-state index contributed by atoms with van der Waals surface area (Å²) in [6, 6.07) is 1.92. The van der Waals surface area contributed by atoms with Crippen LogP contribution in [0.2, 0.25) is 0 Å². The molecule has 2 rings (SSSR count). The molecular weight excluding hydrogens is 194 g/mol. The molecule has 0 saturated carbocycles. The lowest BCUT2D eigenvalue weighted by Crippen LogP contribution is -1.75. The average Bonchev–Trinajstić information content (AvgIpc) is 2.27. The van der Waals surface area contributed by atoms with Crippen LogP contribution >= 0.6 is 16.1 Å². The molecule has 2 aromatic rings. The highest BCUT2D eigenvalue weighted by Crippen LogP contribution is 2.09. The largest absolute Gasteiger partial charge is 0.262 e. The van der Waals surface area contributed by atoms with Crippen LogP contribution in [0, 0.1) is 0 Å². The molecule has 2 aromatic heterocycles. The van der Waals surface area contributed by atoms with Gasteiger partial charge in [0.05, 0.1) is 22.3 Å². The van der Waals surface area contributed by atoms with Crippen LogP contribution in [0.1, 0.15) is 0 Å². The van der Waals surface area contributed by atoms with Gasteiger partial charge in [-0.15, -0.1) is 0 Å². The number of aromatic nitrogens is 3. The molecule has 0 saturated heterocycles. The van der Waals surface area contributed by atoms with Crippen LogP contribution in [0.25, 0.3) is 10.9 Å². The van der Waals surface area contributed by atoms with E-state index in [4.69, 9.17) is 0 Å². The molecule has 0 unspecified atom stereocenters. The molecule has 0 fully saturated rings. The summed E-state index contributed by atoms with van der Waals surface area (Å²) in [7, 11) is 0. The Morgan fingerprint density at radius 3 is 3.20 bits per heavy atom. The van der Waals surface area contributed by atoms with E-state index in [9.17, 15) is 0 Å². The summed E-state index contributed by atoms with van der Waals surface area (Å²) in [5.74, 6) is 0. The van der Waals surface area contributed by atoms with Gasteiger partial charge < -0.3 is 0 Å². The molecule has 0 atom stereocenters. The molecule has 50 valence electrons. The fourth-order valence-corrected chi connectivity index (χ4v) is 1.23. The van der Waals surface area contributed by atoms with E-state index in [0.29, 0.717) is 0 Å². The van der Waals surface area contributed by atoms with Crippen molar-refractivity contribution >= 4 is 27.1 Å². The van der Waals surface area contributed by atoms with E-state index in [-0.39, 0.29) is 0 Å². The van der Waals surface area contributed by atoms with E-state index in [0.717, 1.165) is 10.9 Å². The number of hydrogen-bond acceptors (Lipinski definition) is 2. The standard InChI is InChI=1S/C6H4BrN3/c7-10-4-5-1-2-8-3-6(5)9-10/h1-4H. The third kappa shape index (κ3) is 0.806. The quantitative estimate of drug-likeness (QED) is 0.643. The molecule has 0 amide bonds. The van der Waals surface area contributed by atoms with Crippen molar-refractivity contribution in [1.29, 1.82) is 0 Å². The molecule has 0 aromatic carbocycles. The third-order valence-electron chi connectivity index (χ3n) is 1.28. The van der Waals surface area contributed by atoms with Gasteiger partial charge in [0.1, 0.15) is 5.52 Å². The summed E-state index contributed by atoms with van der Waals surface area (Å²) >= 11 is 3.20. The molecule has 0 spiro atoms. The van der Waals surface area contributed by atoms with E-state index < -0.39 is 0 Å². The lowest BCUT2D eigenvalue weighted by Gasteiger charge is -1.79. The summed E-state index contributed by atoms with van der Waals surface area (Å²) in [6.07, 6.45) is 5.36. The summed E-state index contributed by atoms with van der Waals surface area (Å²) < 4.78 is 1.60. The maximum absolute atomic E-state index is 4.08. The summed E-state index contributed by atoms with van der Waals surface area (Å²) in [4.78, 5) is 3.93. The second-order valence-corrected chi connectivity index (χ2v) is 2.68. The van der Waals surface area contributed by atoms with Crippen LogP contribution in [-0.4, -0.2) is 13.8 Å². The van der Waals surface area contributed by atoms with Crippen molar-refractivity contribution in [1.82, 2.24) is 13.8 Å². The molecule has 0 radical (unpaired) electrons. The molecule has 2 heterocycles. The van der Waals surface area contributed by atoms with Crippen LogP contribution in [0.4, 0.5) is 0 Å². The van der Waals surface area contributed by atoms with Crippen molar-refractivity contribution in [3.63, 3.8) is 0 Å². The van der Waals surface area contributed by atoms with Crippen molar-refractivity contribution in [2.75, 3.05) is 0 Å². The van der Waals surface area contributed by atoms with Crippen LogP contribution in [0.5, 0.6) is 0 Å². The minimum Gasteiger partial charge on any atom is -0.262 e. The fourth-order valence-electron chi connectivity index (χ4n) is 0.836. The monoisotopic (exact) mass is 197 g/mol. The van der Waals surface area contributed by atoms with Gasteiger partial charge in [-0.05, 0) is 6.07 Å². The van der Waals surface area contributed by atoms with E-state index >= 15 is 0 Å². The van der Waals surface area contributed by atoms with Gasteiger partial charge in [0.2, 0.25) is 0 Å². The Balaban J connectivity index is 2.88. The summed E-state index contributed by atoms with van der Waals surface area (Å²) in [5.41, 5.74) is 0.902. The molecule has 0 aliphatic heterocycles. The Morgan fingerprint density at radius 2 is 2.40 bits per heavy atom. The maximum atomic E-state index is 4.08. The minimum atomic E-state index is 0.902. The third-order valence-corrected chi connectivity index (χ3v) is 1.64. The van der Waals surface area contributed by atoms with Gasteiger partial charge in [0.15, 0.2) is 0 Å². The lowest BCUT2D eigenvalue weighted by molar-refractivity contribution is 1.05. The smallest absolute Gasteiger partial charge is 0.112 e. The number of rotatable bonds is 0. The van der Waals surface area contributed by atoms with Gasteiger partial charge >= 0.3 is 0 Å². The number of nitrogens with zero attached hydrogens (tertiary/aromatic N) is 3. The molecule has 0 aliphatic rings. The number of fused-ring (bicyclic) bond motifs is 1. The fraction of sp³-hybridized carbons (Fsp3) is 0. The molecule has 3 nitrogen and oxygen atoms in total. The molecular formula is C6H4BrN3. The van der Waals surface area contributed by atoms with Crippen molar-refractivity contribution in [3.8, 4) is 0 Å². The highest BCUT2D eigenvalue weighted by Gasteiger charge is 1.94. The van der Waals surface area contributed by atoms with E-state index in [1.54, 1.807) is 16.1 Å². The highest BCUT2D eigenvalue weighted by atomic mass is 79.9. The molecule has 0 N–H and O–H groups in total. The zero-order chi connectivity index (χ0) is 6.97. The van der Waals surface area contributed by atoms with Crippen molar-refractivity contribution in [2.45, 2.75) is 0 Å². The Bertz CT molecular complexity index is 322. The second kappa shape index (κ2) is 2.05. The first-order valence-corrected chi connectivity index (χ1v) is 3.53.